The molecule has 0 radical (unpaired) electrons. The van der Waals surface area contributed by atoms with Crippen molar-refractivity contribution in [1.29, 1.82) is 0 Å². The molecule has 2 N–H and O–H groups in total. The molecular weight excluding hydrogens is 278 g/mol. The minimum absolute atomic E-state index is 0.167. The van der Waals surface area contributed by atoms with E-state index in [1.54, 1.807) is 0 Å². The number of hydrogen-bond donors (Lipinski definition) is 1. The van der Waals surface area contributed by atoms with E-state index in [2.05, 4.69) is 26.8 Å². The Morgan fingerprint density at radius 1 is 1.25 bits per heavy atom. The van der Waals surface area contributed by atoms with Crippen LogP contribution >= 0.6 is 11.6 Å². The number of ether oxygens (including phenoxy) is 1. The van der Waals surface area contributed by atoms with Crippen molar-refractivity contribution in [3.8, 4) is 6.01 Å². The lowest BCUT2D eigenvalue weighted by molar-refractivity contribution is 0.362. The van der Waals surface area contributed by atoms with Crippen molar-refractivity contribution in [1.82, 2.24) is 15.0 Å². The third kappa shape index (κ3) is 3.70. The molecule has 0 spiro atoms. The normalized spacial score (nSPS) is 22.6. The van der Waals surface area contributed by atoms with Crippen molar-refractivity contribution in [2.24, 2.45) is 5.73 Å². The molecule has 6 nitrogen and oxygen atoms in total. The van der Waals surface area contributed by atoms with Crippen molar-refractivity contribution < 1.29 is 4.74 Å². The number of hydrogen-bond acceptors (Lipinski definition) is 6. The summed E-state index contributed by atoms with van der Waals surface area (Å²) in [4.78, 5) is 14.7. The second kappa shape index (κ2) is 7.04. The zero-order chi connectivity index (χ0) is 14.5. The van der Waals surface area contributed by atoms with E-state index >= 15 is 0 Å². The van der Waals surface area contributed by atoms with Crippen LogP contribution in [-0.4, -0.2) is 40.7 Å². The molecule has 0 saturated heterocycles. The van der Waals surface area contributed by atoms with Gasteiger partial charge in [-0.2, -0.15) is 15.0 Å². The molecule has 0 atom stereocenters. The number of nitrogens with zero attached hydrogens (tertiary/aromatic N) is 4. The van der Waals surface area contributed by atoms with Crippen LogP contribution in [0, 0.1) is 0 Å². The van der Waals surface area contributed by atoms with E-state index in [0.717, 1.165) is 38.6 Å². The molecular formula is C13H22ClN5O. The summed E-state index contributed by atoms with van der Waals surface area (Å²) in [5.74, 6) is 0.601. The van der Waals surface area contributed by atoms with Gasteiger partial charge in [-0.25, -0.2) is 0 Å². The standard InChI is InChI=1S/C13H22ClN5O/c1-3-8-19(10-6-4-9(15)5-7-10)12-16-11(14)17-13(18-12)20-2/h9-10H,3-8,15H2,1-2H3. The number of halogens is 1. The first kappa shape index (κ1) is 15.3. The highest BCUT2D eigenvalue weighted by molar-refractivity contribution is 6.28. The van der Waals surface area contributed by atoms with Crippen LogP contribution in [0.4, 0.5) is 5.95 Å². The van der Waals surface area contributed by atoms with Crippen LogP contribution in [0.5, 0.6) is 6.01 Å². The highest BCUT2D eigenvalue weighted by Crippen LogP contribution is 2.26. The lowest BCUT2D eigenvalue weighted by Gasteiger charge is -2.36. The molecule has 112 valence electrons. The van der Waals surface area contributed by atoms with Gasteiger partial charge in [-0.3, -0.25) is 0 Å². The molecule has 1 aromatic rings. The Kier molecular flexibility index (Phi) is 5.37. The van der Waals surface area contributed by atoms with Crippen LogP contribution in [0.1, 0.15) is 39.0 Å². The molecule has 2 rings (SSSR count). The Hall–Kier alpha value is -1.14. The van der Waals surface area contributed by atoms with Crippen molar-refractivity contribution in [3.05, 3.63) is 5.28 Å². The van der Waals surface area contributed by atoms with Crippen LogP contribution < -0.4 is 15.4 Å². The highest BCUT2D eigenvalue weighted by Gasteiger charge is 2.26. The van der Waals surface area contributed by atoms with Gasteiger partial charge in [0.1, 0.15) is 0 Å². The minimum Gasteiger partial charge on any atom is -0.467 e. The molecule has 1 aliphatic carbocycles. The van der Waals surface area contributed by atoms with E-state index in [9.17, 15) is 0 Å². The van der Waals surface area contributed by atoms with E-state index in [-0.39, 0.29) is 11.3 Å². The Labute approximate surface area is 124 Å². The van der Waals surface area contributed by atoms with Crippen molar-refractivity contribution in [2.45, 2.75) is 51.1 Å². The molecule has 0 unspecified atom stereocenters. The van der Waals surface area contributed by atoms with E-state index in [4.69, 9.17) is 22.1 Å². The third-order valence-electron chi connectivity index (χ3n) is 3.66. The van der Waals surface area contributed by atoms with Crippen molar-refractivity contribution in [3.63, 3.8) is 0 Å². The maximum absolute atomic E-state index is 5.98. The van der Waals surface area contributed by atoms with Gasteiger partial charge < -0.3 is 15.4 Å². The first-order valence-electron chi connectivity index (χ1n) is 7.11. The molecule has 20 heavy (non-hydrogen) atoms. The topological polar surface area (TPSA) is 77.2 Å². The summed E-state index contributed by atoms with van der Waals surface area (Å²) in [6.07, 6.45) is 5.23. The Balaban J connectivity index is 2.21. The second-order valence-electron chi connectivity index (χ2n) is 5.15. The van der Waals surface area contributed by atoms with Crippen molar-refractivity contribution in [2.75, 3.05) is 18.6 Å². The number of rotatable bonds is 5. The molecule has 0 aliphatic heterocycles. The minimum atomic E-state index is 0.167. The maximum atomic E-state index is 5.98. The fraction of sp³-hybridized carbons (Fsp3) is 0.769. The predicted octanol–water partition coefficient (Wildman–Crippen LogP) is 2.02. The maximum Gasteiger partial charge on any atom is 0.322 e. The first-order valence-corrected chi connectivity index (χ1v) is 7.49. The summed E-state index contributed by atoms with van der Waals surface area (Å²) in [5, 5.41) is 0.167. The van der Waals surface area contributed by atoms with Gasteiger partial charge in [-0.05, 0) is 43.7 Å². The highest BCUT2D eigenvalue weighted by atomic mass is 35.5. The summed E-state index contributed by atoms with van der Waals surface area (Å²) in [6, 6.07) is 0.998. The molecule has 1 aromatic heterocycles. The zero-order valence-electron chi connectivity index (χ0n) is 12.0. The lowest BCUT2D eigenvalue weighted by atomic mass is 9.91. The fourth-order valence-electron chi connectivity index (χ4n) is 2.64. The molecule has 0 aromatic carbocycles. The molecule has 0 bridgehead atoms. The number of methoxy groups -OCH3 is 1. The smallest absolute Gasteiger partial charge is 0.322 e. The quantitative estimate of drug-likeness (QED) is 0.896. The van der Waals surface area contributed by atoms with E-state index in [1.807, 2.05) is 0 Å². The van der Waals surface area contributed by atoms with E-state index in [1.165, 1.54) is 7.11 Å². The van der Waals surface area contributed by atoms with Crippen LogP contribution in [0.15, 0.2) is 0 Å². The average molecular weight is 300 g/mol. The Morgan fingerprint density at radius 2 is 1.95 bits per heavy atom. The molecule has 1 aliphatic rings. The van der Waals surface area contributed by atoms with Gasteiger partial charge in [-0.15, -0.1) is 0 Å². The first-order chi connectivity index (χ1) is 9.63. The second-order valence-corrected chi connectivity index (χ2v) is 5.49. The van der Waals surface area contributed by atoms with Gasteiger partial charge in [-0.1, -0.05) is 6.92 Å². The molecule has 0 amide bonds. The van der Waals surface area contributed by atoms with Gasteiger partial charge in [0.15, 0.2) is 0 Å². The number of nitrogens with two attached hydrogens (primary N) is 1. The summed E-state index contributed by atoms with van der Waals surface area (Å²) >= 11 is 5.95. The average Bonchev–Trinajstić information content (AvgIpc) is 2.45. The Bertz CT molecular complexity index is 437. The van der Waals surface area contributed by atoms with Gasteiger partial charge in [0, 0.05) is 18.6 Å². The van der Waals surface area contributed by atoms with Gasteiger partial charge in [0.05, 0.1) is 7.11 Å². The van der Waals surface area contributed by atoms with Crippen LogP contribution in [-0.2, 0) is 0 Å². The zero-order valence-corrected chi connectivity index (χ0v) is 12.8. The number of anilines is 1. The van der Waals surface area contributed by atoms with Crippen molar-refractivity contribution >= 4 is 17.5 Å². The SMILES string of the molecule is CCCN(c1nc(Cl)nc(OC)n1)C1CCC(N)CC1. The largest absolute Gasteiger partial charge is 0.467 e. The Morgan fingerprint density at radius 3 is 2.55 bits per heavy atom. The predicted molar refractivity (Wildman–Crippen MR) is 79.3 cm³/mol. The van der Waals surface area contributed by atoms with E-state index in [0.29, 0.717) is 18.0 Å². The lowest BCUT2D eigenvalue weighted by Crippen LogP contribution is -2.42. The number of aromatic nitrogens is 3. The monoisotopic (exact) mass is 299 g/mol. The summed E-state index contributed by atoms with van der Waals surface area (Å²) in [6.45, 7) is 3.03. The van der Waals surface area contributed by atoms with Gasteiger partial charge in [0.25, 0.3) is 0 Å². The molecule has 1 saturated carbocycles. The summed E-state index contributed by atoms with van der Waals surface area (Å²) in [7, 11) is 1.53. The van der Waals surface area contributed by atoms with E-state index < -0.39 is 0 Å². The van der Waals surface area contributed by atoms with Gasteiger partial charge in [0.2, 0.25) is 11.2 Å². The van der Waals surface area contributed by atoms with Crippen LogP contribution in [0.25, 0.3) is 0 Å². The molecule has 1 heterocycles. The third-order valence-corrected chi connectivity index (χ3v) is 3.83. The van der Waals surface area contributed by atoms with Crippen LogP contribution in [0.3, 0.4) is 0 Å². The van der Waals surface area contributed by atoms with Gasteiger partial charge >= 0.3 is 6.01 Å². The molecule has 7 heteroatoms. The molecule has 1 fully saturated rings. The van der Waals surface area contributed by atoms with Crippen LogP contribution in [0.2, 0.25) is 5.28 Å². The fourth-order valence-corrected chi connectivity index (χ4v) is 2.79. The summed E-state index contributed by atoms with van der Waals surface area (Å²) in [5.41, 5.74) is 5.98. The summed E-state index contributed by atoms with van der Waals surface area (Å²) < 4.78 is 5.08.